The molecular formula is C29H37N3O7. The number of aliphatic hydroxyl groups is 3. The van der Waals surface area contributed by atoms with Gasteiger partial charge in [0, 0.05) is 49.8 Å². The van der Waals surface area contributed by atoms with Gasteiger partial charge in [-0.2, -0.15) is 0 Å². The van der Waals surface area contributed by atoms with Crippen LogP contribution < -0.4 is 16.0 Å². The maximum absolute atomic E-state index is 13.9. The largest absolute Gasteiger partial charge is 0.511 e. The summed E-state index contributed by atoms with van der Waals surface area (Å²) >= 11 is 0. The second-order valence-corrected chi connectivity index (χ2v) is 11.7. The Morgan fingerprint density at radius 3 is 2.46 bits per heavy atom. The Hall–Kier alpha value is -3.37. The van der Waals surface area contributed by atoms with Crippen LogP contribution in [0.5, 0.6) is 5.75 Å². The van der Waals surface area contributed by atoms with E-state index in [1.165, 1.54) is 32.1 Å². The number of carbonyl (C=O) groups excluding carboxylic acids is 3. The van der Waals surface area contributed by atoms with E-state index < -0.39 is 52.0 Å². The number of carbonyl (C=O) groups is 3. The number of aliphatic hydroxyl groups excluding tert-OH is 2. The molecule has 0 saturated heterocycles. The third-order valence-electron chi connectivity index (χ3n) is 9.07. The highest BCUT2D eigenvalue weighted by molar-refractivity contribution is 6.24. The third-order valence-corrected chi connectivity index (χ3v) is 9.07. The lowest BCUT2D eigenvalue weighted by Crippen LogP contribution is -2.57. The van der Waals surface area contributed by atoms with Crippen LogP contribution in [0.3, 0.4) is 0 Å². The zero-order chi connectivity index (χ0) is 28.2. The van der Waals surface area contributed by atoms with Crippen LogP contribution >= 0.6 is 0 Å². The number of phenolic OH excluding ortho intramolecular Hbond substituents is 1. The van der Waals surface area contributed by atoms with E-state index >= 15 is 0 Å². The Balaban J connectivity index is 1.54. The Bertz CT molecular complexity index is 1310. The highest BCUT2D eigenvalue weighted by Gasteiger charge is 2.59. The second-order valence-electron chi connectivity index (χ2n) is 11.7. The molecule has 0 radical (unpaired) electrons. The summed E-state index contributed by atoms with van der Waals surface area (Å²) in [7, 11) is 3.71. The number of aromatic hydroxyl groups is 1. The number of nitrogens with one attached hydrogen (secondary N) is 1. The molecule has 4 aliphatic carbocycles. The SMILES string of the molecule is CN(C)c1cc(CNCC2CCCCC2)c(O)c2c1CC1CC3CC(O)=C(C(N)=O)C(=O)[C@@]3(O)C(O)=C1C2=O. The first-order valence-corrected chi connectivity index (χ1v) is 13.7. The summed E-state index contributed by atoms with van der Waals surface area (Å²) in [6, 6.07) is 1.88. The third kappa shape index (κ3) is 4.30. The fourth-order valence-electron chi connectivity index (χ4n) is 7.06. The summed E-state index contributed by atoms with van der Waals surface area (Å²) < 4.78 is 0. The van der Waals surface area contributed by atoms with Crippen LogP contribution in [-0.4, -0.2) is 64.1 Å². The number of amides is 1. The molecule has 1 amide bonds. The van der Waals surface area contributed by atoms with E-state index in [1.54, 1.807) is 0 Å². The van der Waals surface area contributed by atoms with Gasteiger partial charge in [0.2, 0.25) is 5.78 Å². The summed E-state index contributed by atoms with van der Waals surface area (Å²) in [5.74, 6) is -5.56. The van der Waals surface area contributed by atoms with Crippen LogP contribution in [0.4, 0.5) is 5.69 Å². The normalized spacial score (nSPS) is 27.3. The van der Waals surface area contributed by atoms with E-state index in [2.05, 4.69) is 5.32 Å². The van der Waals surface area contributed by atoms with E-state index in [4.69, 9.17) is 5.73 Å². The quantitative estimate of drug-likeness (QED) is 0.297. The monoisotopic (exact) mass is 539 g/mol. The van der Waals surface area contributed by atoms with Gasteiger partial charge in [0.25, 0.3) is 5.91 Å². The van der Waals surface area contributed by atoms with Crippen molar-refractivity contribution in [1.82, 2.24) is 5.32 Å². The molecule has 4 aliphatic rings. The summed E-state index contributed by atoms with van der Waals surface area (Å²) in [5.41, 5.74) is 3.78. The molecule has 210 valence electrons. The van der Waals surface area contributed by atoms with Gasteiger partial charge in [-0.05, 0) is 55.7 Å². The summed E-state index contributed by atoms with van der Waals surface area (Å²) in [6.07, 6.45) is 6.21. The number of rotatable bonds is 6. The van der Waals surface area contributed by atoms with Gasteiger partial charge in [0.05, 0.1) is 5.56 Å². The molecule has 3 atom stereocenters. The van der Waals surface area contributed by atoms with Crippen molar-refractivity contribution in [3.8, 4) is 5.75 Å². The molecule has 1 aromatic rings. The molecule has 0 bridgehead atoms. The number of allylic oxidation sites excluding steroid dienone is 2. The number of ketones is 2. The Kier molecular flexibility index (Phi) is 6.97. The first-order valence-electron chi connectivity index (χ1n) is 13.7. The lowest BCUT2D eigenvalue weighted by atomic mass is 9.60. The van der Waals surface area contributed by atoms with E-state index in [0.29, 0.717) is 23.6 Å². The maximum Gasteiger partial charge on any atom is 0.255 e. The van der Waals surface area contributed by atoms with E-state index in [9.17, 15) is 34.8 Å². The van der Waals surface area contributed by atoms with Gasteiger partial charge < -0.3 is 36.4 Å². The standard InChI is InChI=1S/C29H37N3O7/c1-32(2)19-10-16(13-31-12-14-6-4-3-5-7-14)24(34)22-18(19)9-15-8-17-11-20(33)23(28(30)38)27(37)29(17,39)26(36)21(15)25(22)35/h10,14-15,17,31,33-34,36,39H,3-9,11-13H2,1-2H3,(H2,30,38)/t15?,17?,29-/m0/s1. The van der Waals surface area contributed by atoms with Crippen molar-refractivity contribution in [3.63, 3.8) is 0 Å². The minimum atomic E-state index is -2.56. The van der Waals surface area contributed by atoms with Crippen molar-refractivity contribution in [1.29, 1.82) is 0 Å². The molecule has 10 heteroatoms. The zero-order valence-electron chi connectivity index (χ0n) is 22.4. The molecule has 39 heavy (non-hydrogen) atoms. The molecule has 10 nitrogen and oxygen atoms in total. The van der Waals surface area contributed by atoms with Crippen molar-refractivity contribution < 1.29 is 34.8 Å². The number of anilines is 1. The zero-order valence-corrected chi connectivity index (χ0v) is 22.4. The van der Waals surface area contributed by atoms with Crippen LogP contribution in [0.15, 0.2) is 28.7 Å². The van der Waals surface area contributed by atoms with Crippen molar-refractivity contribution in [2.45, 2.75) is 63.5 Å². The Morgan fingerprint density at radius 1 is 1.13 bits per heavy atom. The molecule has 1 fully saturated rings. The molecule has 0 heterocycles. The predicted octanol–water partition coefficient (Wildman–Crippen LogP) is 2.32. The summed E-state index contributed by atoms with van der Waals surface area (Å²) in [5, 5.41) is 47.8. The number of Topliss-reactive ketones (excluding diaryl/α,β-unsaturated/α-hetero) is 2. The number of fused-ring (bicyclic) bond motifs is 3. The van der Waals surface area contributed by atoms with Crippen molar-refractivity contribution >= 4 is 23.2 Å². The van der Waals surface area contributed by atoms with E-state index in [1.807, 2.05) is 25.1 Å². The molecule has 2 unspecified atom stereocenters. The summed E-state index contributed by atoms with van der Waals surface area (Å²) in [4.78, 5) is 40.8. The minimum absolute atomic E-state index is 0.0484. The molecular weight excluding hydrogens is 502 g/mol. The number of hydrogen-bond donors (Lipinski definition) is 6. The highest BCUT2D eigenvalue weighted by Crippen LogP contribution is 2.52. The van der Waals surface area contributed by atoms with Gasteiger partial charge in [-0.15, -0.1) is 0 Å². The average Bonchev–Trinajstić information content (AvgIpc) is 2.87. The van der Waals surface area contributed by atoms with Crippen molar-refractivity contribution in [2.75, 3.05) is 25.5 Å². The Labute approximate surface area is 227 Å². The number of phenols is 1. The number of nitrogens with zero attached hydrogens (tertiary/aromatic N) is 1. The highest BCUT2D eigenvalue weighted by atomic mass is 16.3. The number of benzene rings is 1. The first kappa shape index (κ1) is 27.2. The molecule has 1 saturated carbocycles. The molecule has 7 N–H and O–H groups in total. The lowest BCUT2D eigenvalue weighted by Gasteiger charge is -2.46. The van der Waals surface area contributed by atoms with Crippen LogP contribution in [0.2, 0.25) is 0 Å². The Morgan fingerprint density at radius 2 is 1.82 bits per heavy atom. The topological polar surface area (TPSA) is 173 Å². The van der Waals surface area contributed by atoms with Crippen molar-refractivity contribution in [2.24, 2.45) is 23.5 Å². The maximum atomic E-state index is 13.9. The van der Waals surface area contributed by atoms with E-state index in [-0.39, 0.29) is 36.1 Å². The van der Waals surface area contributed by atoms with Crippen LogP contribution in [0.25, 0.3) is 0 Å². The van der Waals surface area contributed by atoms with Gasteiger partial charge in [-0.3, -0.25) is 14.4 Å². The van der Waals surface area contributed by atoms with Gasteiger partial charge in [0.15, 0.2) is 11.4 Å². The van der Waals surface area contributed by atoms with Crippen LogP contribution in [0.1, 0.15) is 66.4 Å². The molecule has 1 aromatic carbocycles. The van der Waals surface area contributed by atoms with Gasteiger partial charge in [0.1, 0.15) is 22.8 Å². The number of primary amides is 1. The fraction of sp³-hybridized carbons (Fsp3) is 0.552. The number of hydrogen-bond acceptors (Lipinski definition) is 9. The fourth-order valence-corrected chi connectivity index (χ4v) is 7.06. The van der Waals surface area contributed by atoms with Gasteiger partial charge in [-0.1, -0.05) is 19.3 Å². The van der Waals surface area contributed by atoms with Crippen molar-refractivity contribution in [3.05, 3.63) is 45.4 Å². The average molecular weight is 540 g/mol. The van der Waals surface area contributed by atoms with Gasteiger partial charge in [-0.25, -0.2) is 0 Å². The second kappa shape index (κ2) is 9.98. The predicted molar refractivity (Wildman–Crippen MR) is 143 cm³/mol. The van der Waals surface area contributed by atoms with E-state index in [0.717, 1.165) is 12.2 Å². The first-order chi connectivity index (χ1) is 18.5. The van der Waals surface area contributed by atoms with Crippen LogP contribution in [0, 0.1) is 17.8 Å². The molecule has 5 rings (SSSR count). The minimum Gasteiger partial charge on any atom is -0.511 e. The lowest BCUT2D eigenvalue weighted by molar-refractivity contribution is -0.144. The number of nitrogens with two attached hydrogens (primary N) is 1. The van der Waals surface area contributed by atoms with Gasteiger partial charge >= 0.3 is 0 Å². The smallest absolute Gasteiger partial charge is 0.255 e. The molecule has 0 aromatic heterocycles. The summed E-state index contributed by atoms with van der Waals surface area (Å²) in [6.45, 7) is 1.17. The molecule has 0 aliphatic heterocycles. The van der Waals surface area contributed by atoms with Crippen LogP contribution in [-0.2, 0) is 22.6 Å². The molecule has 0 spiro atoms.